The van der Waals surface area contributed by atoms with Gasteiger partial charge in [-0.2, -0.15) is 9.98 Å². The number of ether oxygens (including phenoxy) is 1. The number of benzene rings is 3. The molecule has 0 bridgehead atoms. The van der Waals surface area contributed by atoms with Crippen LogP contribution in [0.3, 0.4) is 0 Å². The van der Waals surface area contributed by atoms with Gasteiger partial charge in [0.25, 0.3) is 0 Å². The van der Waals surface area contributed by atoms with E-state index in [1.165, 1.54) is 19.2 Å². The second-order valence-electron chi connectivity index (χ2n) is 6.93. The number of nitrogens with zero attached hydrogens (tertiary/aromatic N) is 1. The lowest BCUT2D eigenvalue weighted by Crippen LogP contribution is -2.48. The van der Waals surface area contributed by atoms with E-state index < -0.39 is 22.0 Å². The van der Waals surface area contributed by atoms with Crippen molar-refractivity contribution in [1.29, 1.82) is 5.26 Å². The number of carbonyl (C=O) groups is 1. The van der Waals surface area contributed by atoms with Crippen LogP contribution >= 0.6 is 0 Å². The third kappa shape index (κ3) is 5.81. The summed E-state index contributed by atoms with van der Waals surface area (Å²) in [5, 5.41) is 13.4. The Bertz CT molecular complexity index is 1200. The lowest BCUT2D eigenvalue weighted by molar-refractivity contribution is -0.122. The van der Waals surface area contributed by atoms with E-state index in [1.54, 1.807) is 12.1 Å². The average molecular weight is 438 g/mol. The molecule has 0 aromatic heterocycles. The third-order valence-electron chi connectivity index (χ3n) is 4.77. The molecule has 160 valence electrons. The fourth-order valence-electron chi connectivity index (χ4n) is 3.16. The number of nitriles is 1. The van der Waals surface area contributed by atoms with Gasteiger partial charge in [0.05, 0.1) is 24.5 Å². The van der Waals surface area contributed by atoms with E-state index in [1.807, 2.05) is 48.5 Å². The molecule has 7 nitrogen and oxygen atoms in total. The maximum absolute atomic E-state index is 12.9. The standard InChI is InChI=1S/C23H23N3O4S/c1-30-20-9-11-21(12-10-20)31(28,29)26-22(23(27)25-14-4-13-24)16-17-7-8-18-5-2-3-6-19(18)15-17/h2-3,5-12,15,22,26H,4,14,16H2,1H3,(H,25,27). The van der Waals surface area contributed by atoms with Crippen LogP contribution in [0.25, 0.3) is 10.8 Å². The Morgan fingerprint density at radius 3 is 2.45 bits per heavy atom. The summed E-state index contributed by atoms with van der Waals surface area (Å²) in [6.07, 6.45) is 0.304. The van der Waals surface area contributed by atoms with E-state index in [0.717, 1.165) is 16.3 Å². The number of hydrogen-bond acceptors (Lipinski definition) is 5. The molecule has 0 saturated carbocycles. The highest BCUT2D eigenvalue weighted by Crippen LogP contribution is 2.19. The fourth-order valence-corrected chi connectivity index (χ4v) is 4.36. The van der Waals surface area contributed by atoms with Crippen molar-refractivity contribution in [3.63, 3.8) is 0 Å². The van der Waals surface area contributed by atoms with E-state index in [4.69, 9.17) is 10.00 Å². The Morgan fingerprint density at radius 1 is 1.06 bits per heavy atom. The number of sulfonamides is 1. The molecule has 3 aromatic rings. The van der Waals surface area contributed by atoms with Crippen LogP contribution < -0.4 is 14.8 Å². The van der Waals surface area contributed by atoms with E-state index in [0.29, 0.717) is 5.75 Å². The second-order valence-corrected chi connectivity index (χ2v) is 8.65. The normalized spacial score (nSPS) is 12.1. The van der Waals surface area contributed by atoms with Crippen molar-refractivity contribution in [2.45, 2.75) is 23.8 Å². The maximum atomic E-state index is 12.9. The maximum Gasteiger partial charge on any atom is 0.241 e. The average Bonchev–Trinajstić information content (AvgIpc) is 2.78. The SMILES string of the molecule is COc1ccc(S(=O)(=O)NC(Cc2ccc3ccccc3c2)C(=O)NCCC#N)cc1. The van der Waals surface area contributed by atoms with Crippen LogP contribution in [0, 0.1) is 11.3 Å². The van der Waals surface area contributed by atoms with Crippen LogP contribution in [0.15, 0.2) is 71.6 Å². The summed E-state index contributed by atoms with van der Waals surface area (Å²) in [5.41, 5.74) is 0.816. The van der Waals surface area contributed by atoms with Crippen molar-refractivity contribution in [3.05, 3.63) is 72.3 Å². The Morgan fingerprint density at radius 2 is 1.77 bits per heavy atom. The van der Waals surface area contributed by atoms with Crippen LogP contribution in [0.2, 0.25) is 0 Å². The van der Waals surface area contributed by atoms with Crippen molar-refractivity contribution in [2.24, 2.45) is 0 Å². The summed E-state index contributed by atoms with van der Waals surface area (Å²) < 4.78 is 33.4. The number of carbonyl (C=O) groups excluding carboxylic acids is 1. The van der Waals surface area contributed by atoms with Gasteiger partial charge in [-0.05, 0) is 47.0 Å². The smallest absolute Gasteiger partial charge is 0.241 e. The van der Waals surface area contributed by atoms with Gasteiger partial charge in [0.15, 0.2) is 0 Å². The zero-order valence-electron chi connectivity index (χ0n) is 17.0. The molecule has 0 aliphatic heterocycles. The zero-order valence-corrected chi connectivity index (χ0v) is 17.9. The van der Waals surface area contributed by atoms with Crippen LogP contribution in [0.4, 0.5) is 0 Å². The summed E-state index contributed by atoms with van der Waals surface area (Å²) in [6.45, 7) is 0.147. The zero-order chi connectivity index (χ0) is 22.3. The van der Waals surface area contributed by atoms with E-state index in [-0.39, 0.29) is 24.3 Å². The minimum Gasteiger partial charge on any atom is -0.497 e. The van der Waals surface area contributed by atoms with Gasteiger partial charge in [0.1, 0.15) is 11.8 Å². The number of hydrogen-bond donors (Lipinski definition) is 2. The monoisotopic (exact) mass is 437 g/mol. The molecule has 31 heavy (non-hydrogen) atoms. The molecule has 8 heteroatoms. The highest BCUT2D eigenvalue weighted by molar-refractivity contribution is 7.89. The van der Waals surface area contributed by atoms with Crippen LogP contribution in [-0.2, 0) is 21.2 Å². The molecule has 0 aliphatic carbocycles. The van der Waals surface area contributed by atoms with Gasteiger partial charge in [0.2, 0.25) is 15.9 Å². The van der Waals surface area contributed by atoms with Gasteiger partial charge in [-0.1, -0.05) is 42.5 Å². The lowest BCUT2D eigenvalue weighted by atomic mass is 10.0. The Kier molecular flexibility index (Phi) is 7.23. The lowest BCUT2D eigenvalue weighted by Gasteiger charge is -2.19. The molecule has 0 fully saturated rings. The molecule has 3 aromatic carbocycles. The Labute approximate surface area is 181 Å². The van der Waals surface area contributed by atoms with Gasteiger partial charge in [-0.25, -0.2) is 8.42 Å². The van der Waals surface area contributed by atoms with Crippen LogP contribution in [0.1, 0.15) is 12.0 Å². The summed E-state index contributed by atoms with van der Waals surface area (Å²) in [7, 11) is -2.46. The van der Waals surface area contributed by atoms with Crippen LogP contribution in [-0.4, -0.2) is 34.0 Å². The summed E-state index contributed by atoms with van der Waals surface area (Å²) >= 11 is 0. The van der Waals surface area contributed by atoms with E-state index in [9.17, 15) is 13.2 Å². The van der Waals surface area contributed by atoms with Crippen molar-refractivity contribution in [1.82, 2.24) is 10.0 Å². The van der Waals surface area contributed by atoms with Crippen LogP contribution in [0.5, 0.6) is 5.75 Å². The van der Waals surface area contributed by atoms with Gasteiger partial charge >= 0.3 is 0 Å². The molecule has 0 aliphatic rings. The first-order chi connectivity index (χ1) is 14.9. The van der Waals surface area contributed by atoms with Gasteiger partial charge in [-0.3, -0.25) is 4.79 Å². The molecule has 1 amide bonds. The summed E-state index contributed by atoms with van der Waals surface area (Å²) in [6, 6.07) is 20.4. The number of methoxy groups -OCH3 is 1. The largest absolute Gasteiger partial charge is 0.497 e. The molecule has 3 rings (SSSR count). The number of nitrogens with one attached hydrogen (secondary N) is 2. The minimum absolute atomic E-state index is 0.0293. The molecule has 2 N–H and O–H groups in total. The highest BCUT2D eigenvalue weighted by atomic mass is 32.2. The highest BCUT2D eigenvalue weighted by Gasteiger charge is 2.26. The first-order valence-electron chi connectivity index (χ1n) is 9.71. The summed E-state index contributed by atoms with van der Waals surface area (Å²) in [5.74, 6) is 0.0430. The molecular weight excluding hydrogens is 414 g/mol. The number of fused-ring (bicyclic) bond motifs is 1. The van der Waals surface area contributed by atoms with Crippen molar-refractivity contribution in [2.75, 3.05) is 13.7 Å². The van der Waals surface area contributed by atoms with E-state index >= 15 is 0 Å². The number of rotatable bonds is 9. The summed E-state index contributed by atoms with van der Waals surface area (Å²) in [4.78, 5) is 12.8. The molecule has 0 radical (unpaired) electrons. The number of amides is 1. The predicted molar refractivity (Wildman–Crippen MR) is 118 cm³/mol. The van der Waals surface area contributed by atoms with Crippen molar-refractivity contribution >= 4 is 26.7 Å². The van der Waals surface area contributed by atoms with Gasteiger partial charge < -0.3 is 10.1 Å². The molecule has 0 heterocycles. The quantitative estimate of drug-likeness (QED) is 0.501. The van der Waals surface area contributed by atoms with Crippen molar-refractivity contribution < 1.29 is 17.9 Å². The van der Waals surface area contributed by atoms with Gasteiger partial charge in [0, 0.05) is 6.54 Å². The molecule has 0 saturated heterocycles. The third-order valence-corrected chi connectivity index (χ3v) is 6.26. The first kappa shape index (κ1) is 22.3. The topological polar surface area (TPSA) is 108 Å². The first-order valence-corrected chi connectivity index (χ1v) is 11.2. The predicted octanol–water partition coefficient (Wildman–Crippen LogP) is 2.77. The molecule has 1 atom stereocenters. The molecule has 1 unspecified atom stereocenters. The van der Waals surface area contributed by atoms with E-state index in [2.05, 4.69) is 10.0 Å². The Hall–Kier alpha value is -3.41. The molecular formula is C23H23N3O4S. The van der Waals surface area contributed by atoms with Crippen molar-refractivity contribution in [3.8, 4) is 11.8 Å². The fraction of sp³-hybridized carbons (Fsp3) is 0.217. The Balaban J connectivity index is 1.85. The second kappa shape index (κ2) is 10.1. The minimum atomic E-state index is -3.95. The molecule has 0 spiro atoms. The van der Waals surface area contributed by atoms with Gasteiger partial charge in [-0.15, -0.1) is 0 Å².